The maximum Gasteiger partial charge on any atom is 0.0885 e. The average molecular weight is 333 g/mol. The van der Waals surface area contributed by atoms with Gasteiger partial charge in [-0.05, 0) is 107 Å². The molecule has 2 nitrogen and oxygen atoms in total. The van der Waals surface area contributed by atoms with Gasteiger partial charge in [-0.25, -0.2) is 0 Å². The Labute approximate surface area is 148 Å². The first kappa shape index (κ1) is 16.9. The molecule has 0 aromatic rings. The third kappa shape index (κ3) is 2.73. The predicted octanol–water partition coefficient (Wildman–Crippen LogP) is 5.87. The highest BCUT2D eigenvalue weighted by Crippen LogP contribution is 2.63. The molecule has 3 saturated carbocycles. The van der Waals surface area contributed by atoms with Crippen molar-refractivity contribution in [2.24, 2.45) is 35.0 Å². The van der Waals surface area contributed by atoms with Crippen molar-refractivity contribution < 1.29 is 9.84 Å². The summed E-state index contributed by atoms with van der Waals surface area (Å²) in [5.74, 6) is 4.93. The van der Waals surface area contributed by atoms with Crippen LogP contribution in [0.25, 0.3) is 0 Å². The van der Waals surface area contributed by atoms with Crippen molar-refractivity contribution in [1.82, 2.24) is 0 Å². The normalized spacial score (nSPS) is 48.2. The number of hydrogen-bond acceptors (Lipinski definition) is 2. The second-order valence-corrected chi connectivity index (χ2v) is 10.4. The molecule has 0 aromatic heterocycles. The lowest BCUT2D eigenvalue weighted by Crippen LogP contribution is -2.50. The van der Waals surface area contributed by atoms with Gasteiger partial charge < -0.3 is 9.84 Å². The zero-order chi connectivity index (χ0) is 17.1. The van der Waals surface area contributed by atoms with Crippen molar-refractivity contribution in [2.75, 3.05) is 0 Å². The van der Waals surface area contributed by atoms with Gasteiger partial charge in [0.05, 0.1) is 17.5 Å². The molecule has 1 N–H and O–H groups in total. The SMILES string of the molecule is CC(C)(C)O[C@H]1CCC2C3CC[C@H]4CC(O)=CC[C@@H]4C3CC[C@@]21C. The lowest BCUT2D eigenvalue weighted by molar-refractivity contribution is -0.139. The Morgan fingerprint density at radius 2 is 1.83 bits per heavy atom. The summed E-state index contributed by atoms with van der Waals surface area (Å²) in [7, 11) is 0. The van der Waals surface area contributed by atoms with E-state index < -0.39 is 0 Å². The molecule has 0 aromatic carbocycles. The molecule has 24 heavy (non-hydrogen) atoms. The van der Waals surface area contributed by atoms with E-state index in [0.29, 0.717) is 17.3 Å². The van der Waals surface area contributed by atoms with Gasteiger partial charge >= 0.3 is 0 Å². The van der Waals surface area contributed by atoms with Crippen LogP contribution in [0.1, 0.15) is 79.1 Å². The van der Waals surface area contributed by atoms with Crippen LogP contribution in [0.5, 0.6) is 0 Å². The maximum absolute atomic E-state index is 9.92. The van der Waals surface area contributed by atoms with Gasteiger partial charge in [-0.3, -0.25) is 0 Å². The maximum atomic E-state index is 9.92. The van der Waals surface area contributed by atoms with Gasteiger partial charge in [0.1, 0.15) is 0 Å². The summed E-state index contributed by atoms with van der Waals surface area (Å²) >= 11 is 0. The summed E-state index contributed by atoms with van der Waals surface area (Å²) in [4.78, 5) is 0. The third-order valence-corrected chi connectivity index (χ3v) is 8.02. The number of allylic oxidation sites excluding steroid dienone is 2. The van der Waals surface area contributed by atoms with E-state index in [-0.39, 0.29) is 5.60 Å². The molecule has 0 amide bonds. The van der Waals surface area contributed by atoms with Crippen LogP contribution in [0.2, 0.25) is 0 Å². The summed E-state index contributed by atoms with van der Waals surface area (Å²) in [5.41, 5.74) is 0.372. The van der Waals surface area contributed by atoms with E-state index in [1.165, 1.54) is 38.5 Å². The molecule has 0 saturated heterocycles. The average Bonchev–Trinajstić information content (AvgIpc) is 2.82. The monoisotopic (exact) mass is 332 g/mol. The number of hydrogen-bond donors (Lipinski definition) is 1. The Kier molecular flexibility index (Phi) is 4.06. The number of aliphatic hydroxyl groups is 1. The van der Waals surface area contributed by atoms with Gasteiger partial charge in [0.25, 0.3) is 0 Å². The zero-order valence-corrected chi connectivity index (χ0v) is 16.1. The molecular formula is C22H36O2. The second-order valence-electron chi connectivity index (χ2n) is 10.4. The fraction of sp³-hybridized carbons (Fsp3) is 0.909. The Morgan fingerprint density at radius 1 is 1.04 bits per heavy atom. The summed E-state index contributed by atoms with van der Waals surface area (Å²) in [6.07, 6.45) is 12.7. The molecule has 2 heteroatoms. The Morgan fingerprint density at radius 3 is 2.58 bits per heavy atom. The number of ether oxygens (including phenoxy) is 1. The van der Waals surface area contributed by atoms with Gasteiger partial charge in [0.15, 0.2) is 0 Å². The largest absolute Gasteiger partial charge is 0.513 e. The fourth-order valence-corrected chi connectivity index (χ4v) is 7.05. The first-order valence-corrected chi connectivity index (χ1v) is 10.3. The van der Waals surface area contributed by atoms with Crippen LogP contribution in [0.3, 0.4) is 0 Å². The molecule has 136 valence electrons. The number of rotatable bonds is 1. The molecule has 4 aliphatic rings. The van der Waals surface area contributed by atoms with Crippen molar-refractivity contribution in [3.8, 4) is 0 Å². The zero-order valence-electron chi connectivity index (χ0n) is 16.1. The Hall–Kier alpha value is -0.500. The van der Waals surface area contributed by atoms with Gasteiger partial charge in [-0.2, -0.15) is 0 Å². The van der Waals surface area contributed by atoms with Crippen molar-refractivity contribution in [2.45, 2.75) is 90.8 Å². The second kappa shape index (κ2) is 5.76. The lowest BCUT2D eigenvalue weighted by Gasteiger charge is -2.55. The smallest absolute Gasteiger partial charge is 0.0885 e. The van der Waals surface area contributed by atoms with Gasteiger partial charge in [-0.15, -0.1) is 0 Å². The van der Waals surface area contributed by atoms with Crippen LogP contribution in [-0.2, 0) is 4.74 Å². The first-order valence-electron chi connectivity index (χ1n) is 10.3. The minimum Gasteiger partial charge on any atom is -0.513 e. The van der Waals surface area contributed by atoms with Crippen LogP contribution >= 0.6 is 0 Å². The van der Waals surface area contributed by atoms with Crippen molar-refractivity contribution in [1.29, 1.82) is 0 Å². The topological polar surface area (TPSA) is 29.5 Å². The van der Waals surface area contributed by atoms with Crippen molar-refractivity contribution >= 4 is 0 Å². The van der Waals surface area contributed by atoms with E-state index >= 15 is 0 Å². The summed E-state index contributed by atoms with van der Waals surface area (Å²) in [6, 6.07) is 0. The summed E-state index contributed by atoms with van der Waals surface area (Å²) in [5, 5.41) is 9.92. The molecule has 0 aliphatic heterocycles. The standard InChI is InChI=1S/C22H36O2/c1-21(2,3)24-20-10-9-19-18-7-5-14-13-15(23)6-8-16(14)17(18)11-12-22(19,20)4/h6,14,16-20,23H,5,7-13H2,1-4H3/t14-,16-,17?,18?,19?,20-,22-/m0/s1. The van der Waals surface area contributed by atoms with Crippen LogP contribution in [0.15, 0.2) is 11.8 Å². The molecular weight excluding hydrogens is 296 g/mol. The highest BCUT2D eigenvalue weighted by Gasteiger charge is 2.57. The van der Waals surface area contributed by atoms with Crippen molar-refractivity contribution in [3.05, 3.63) is 11.8 Å². The van der Waals surface area contributed by atoms with E-state index in [9.17, 15) is 5.11 Å². The van der Waals surface area contributed by atoms with E-state index in [2.05, 4.69) is 33.8 Å². The Balaban J connectivity index is 1.53. The summed E-state index contributed by atoms with van der Waals surface area (Å²) < 4.78 is 6.53. The molecule has 7 atom stereocenters. The van der Waals surface area contributed by atoms with Crippen molar-refractivity contribution in [3.63, 3.8) is 0 Å². The molecule has 4 aliphatic carbocycles. The highest BCUT2D eigenvalue weighted by atomic mass is 16.5. The molecule has 0 heterocycles. The van der Waals surface area contributed by atoms with Crippen LogP contribution in [-0.4, -0.2) is 16.8 Å². The van der Waals surface area contributed by atoms with Gasteiger partial charge in [0, 0.05) is 6.42 Å². The van der Waals surface area contributed by atoms with E-state index in [4.69, 9.17) is 4.74 Å². The number of aliphatic hydroxyl groups excluding tert-OH is 1. The van der Waals surface area contributed by atoms with Crippen LogP contribution in [0.4, 0.5) is 0 Å². The van der Waals surface area contributed by atoms with Gasteiger partial charge in [0.2, 0.25) is 0 Å². The van der Waals surface area contributed by atoms with Crippen LogP contribution in [0, 0.1) is 35.0 Å². The van der Waals surface area contributed by atoms with Gasteiger partial charge in [-0.1, -0.05) is 6.92 Å². The fourth-order valence-electron chi connectivity index (χ4n) is 7.05. The van der Waals surface area contributed by atoms with Crippen LogP contribution < -0.4 is 0 Å². The quantitative estimate of drug-likeness (QED) is 0.650. The van der Waals surface area contributed by atoms with E-state index in [1.54, 1.807) is 0 Å². The minimum atomic E-state index is -0.0250. The first-order chi connectivity index (χ1) is 11.3. The summed E-state index contributed by atoms with van der Waals surface area (Å²) in [6.45, 7) is 9.17. The van der Waals surface area contributed by atoms with E-state index in [0.717, 1.165) is 42.4 Å². The number of fused-ring (bicyclic) bond motifs is 5. The molecule has 3 fully saturated rings. The molecule has 0 bridgehead atoms. The minimum absolute atomic E-state index is 0.0250. The van der Waals surface area contributed by atoms with E-state index in [1.807, 2.05) is 0 Å². The molecule has 0 spiro atoms. The predicted molar refractivity (Wildman–Crippen MR) is 97.8 cm³/mol. The molecule has 0 radical (unpaired) electrons. The highest BCUT2D eigenvalue weighted by molar-refractivity contribution is 5.10. The lowest BCUT2D eigenvalue weighted by atomic mass is 9.51. The molecule has 4 rings (SSSR count). The third-order valence-electron chi connectivity index (χ3n) is 8.02. The Bertz CT molecular complexity index is 517. The molecule has 3 unspecified atom stereocenters.